The first-order chi connectivity index (χ1) is 7.78. The molecule has 0 aromatic carbocycles. The number of likely N-dealkylation sites (tertiary alicyclic amines) is 1. The van der Waals surface area contributed by atoms with E-state index in [2.05, 4.69) is 22.2 Å². The van der Waals surface area contributed by atoms with Gasteiger partial charge < -0.3 is 15.0 Å². The molecular formula is C12H19N3O. The molecule has 1 atom stereocenters. The van der Waals surface area contributed by atoms with Crippen LogP contribution in [-0.4, -0.2) is 43.2 Å². The van der Waals surface area contributed by atoms with E-state index in [0.717, 1.165) is 12.4 Å². The van der Waals surface area contributed by atoms with E-state index in [4.69, 9.17) is 4.74 Å². The maximum absolute atomic E-state index is 5.10. The van der Waals surface area contributed by atoms with Crippen molar-refractivity contribution in [3.63, 3.8) is 0 Å². The summed E-state index contributed by atoms with van der Waals surface area (Å²) in [4.78, 5) is 6.71. The van der Waals surface area contributed by atoms with Crippen molar-refractivity contribution in [2.24, 2.45) is 0 Å². The van der Waals surface area contributed by atoms with E-state index in [1.165, 1.54) is 19.4 Å². The Kier molecular flexibility index (Phi) is 3.62. The normalized spacial score (nSPS) is 21.8. The van der Waals surface area contributed by atoms with Crippen LogP contribution in [0.2, 0.25) is 0 Å². The van der Waals surface area contributed by atoms with E-state index in [-0.39, 0.29) is 0 Å². The van der Waals surface area contributed by atoms with Gasteiger partial charge in [0.25, 0.3) is 0 Å². The maximum Gasteiger partial charge on any atom is 0.214 e. The quantitative estimate of drug-likeness (QED) is 0.841. The highest BCUT2D eigenvalue weighted by Crippen LogP contribution is 2.15. The molecule has 0 radical (unpaired) electrons. The highest BCUT2D eigenvalue weighted by molar-refractivity contribution is 5.38. The van der Waals surface area contributed by atoms with Crippen LogP contribution < -0.4 is 10.1 Å². The standard InChI is InChI=1S/C12H19N3O/c1-15-8-4-5-10(9-15)13-11-6-3-7-12(14-11)16-2/h3,6-7,10H,4-5,8-9H2,1-2H3,(H,13,14). The second-order valence-corrected chi connectivity index (χ2v) is 4.31. The van der Waals surface area contributed by atoms with Crippen LogP contribution in [0.3, 0.4) is 0 Å². The van der Waals surface area contributed by atoms with Crippen LogP contribution in [0.1, 0.15) is 12.8 Å². The lowest BCUT2D eigenvalue weighted by Gasteiger charge is -2.30. The summed E-state index contributed by atoms with van der Waals surface area (Å²) in [7, 11) is 3.80. The van der Waals surface area contributed by atoms with E-state index in [0.29, 0.717) is 11.9 Å². The fourth-order valence-electron chi connectivity index (χ4n) is 2.10. The lowest BCUT2D eigenvalue weighted by atomic mass is 10.1. The van der Waals surface area contributed by atoms with Crippen molar-refractivity contribution in [2.45, 2.75) is 18.9 Å². The van der Waals surface area contributed by atoms with Gasteiger partial charge in [-0.3, -0.25) is 0 Å². The van der Waals surface area contributed by atoms with Crippen molar-refractivity contribution in [3.05, 3.63) is 18.2 Å². The van der Waals surface area contributed by atoms with Crippen LogP contribution in [0.4, 0.5) is 5.82 Å². The molecule has 0 spiro atoms. The van der Waals surface area contributed by atoms with Crippen LogP contribution in [-0.2, 0) is 0 Å². The summed E-state index contributed by atoms with van der Waals surface area (Å²) in [5.41, 5.74) is 0. The first-order valence-corrected chi connectivity index (χ1v) is 5.74. The molecule has 1 fully saturated rings. The molecule has 1 aromatic rings. The molecule has 1 unspecified atom stereocenters. The summed E-state index contributed by atoms with van der Waals surface area (Å²) in [5.74, 6) is 1.56. The lowest BCUT2D eigenvalue weighted by Crippen LogP contribution is -2.39. The molecule has 1 saturated heterocycles. The SMILES string of the molecule is COc1cccc(NC2CCCN(C)C2)n1. The molecule has 2 rings (SSSR count). The van der Waals surface area contributed by atoms with Gasteiger partial charge in [-0.2, -0.15) is 4.98 Å². The first kappa shape index (κ1) is 11.2. The molecule has 4 nitrogen and oxygen atoms in total. The van der Waals surface area contributed by atoms with Crippen molar-refractivity contribution in [1.82, 2.24) is 9.88 Å². The number of piperidine rings is 1. The van der Waals surface area contributed by atoms with Crippen molar-refractivity contribution >= 4 is 5.82 Å². The highest BCUT2D eigenvalue weighted by Gasteiger charge is 2.17. The smallest absolute Gasteiger partial charge is 0.214 e. The van der Waals surface area contributed by atoms with Crippen molar-refractivity contribution in [3.8, 4) is 5.88 Å². The molecule has 0 bridgehead atoms. The Bertz CT molecular complexity index is 343. The average Bonchev–Trinajstić information content (AvgIpc) is 2.29. The van der Waals surface area contributed by atoms with Gasteiger partial charge in [0.2, 0.25) is 5.88 Å². The van der Waals surface area contributed by atoms with Crippen LogP contribution in [0, 0.1) is 0 Å². The molecule has 88 valence electrons. The molecule has 1 aromatic heterocycles. The predicted octanol–water partition coefficient (Wildman–Crippen LogP) is 1.60. The Hall–Kier alpha value is -1.29. The molecule has 0 aliphatic carbocycles. The number of rotatable bonds is 3. The summed E-state index contributed by atoms with van der Waals surface area (Å²) in [5, 5.41) is 3.45. The van der Waals surface area contributed by atoms with Gasteiger partial charge in [0.05, 0.1) is 7.11 Å². The third-order valence-corrected chi connectivity index (χ3v) is 2.91. The Morgan fingerprint density at radius 3 is 3.12 bits per heavy atom. The highest BCUT2D eigenvalue weighted by atomic mass is 16.5. The van der Waals surface area contributed by atoms with E-state index in [1.54, 1.807) is 7.11 Å². The number of pyridine rings is 1. The van der Waals surface area contributed by atoms with Crippen molar-refractivity contribution < 1.29 is 4.74 Å². The van der Waals surface area contributed by atoms with E-state index >= 15 is 0 Å². The number of hydrogen-bond donors (Lipinski definition) is 1. The van der Waals surface area contributed by atoms with Gasteiger partial charge in [-0.25, -0.2) is 0 Å². The van der Waals surface area contributed by atoms with Crippen LogP contribution >= 0.6 is 0 Å². The van der Waals surface area contributed by atoms with Crippen molar-refractivity contribution in [1.29, 1.82) is 0 Å². The topological polar surface area (TPSA) is 37.4 Å². The number of methoxy groups -OCH3 is 1. The van der Waals surface area contributed by atoms with Crippen LogP contribution in [0.25, 0.3) is 0 Å². The van der Waals surface area contributed by atoms with Gasteiger partial charge in [0.1, 0.15) is 5.82 Å². The van der Waals surface area contributed by atoms with Gasteiger partial charge in [-0.05, 0) is 32.5 Å². The minimum absolute atomic E-state index is 0.498. The predicted molar refractivity (Wildman–Crippen MR) is 64.9 cm³/mol. The molecule has 1 aliphatic heterocycles. The number of hydrogen-bond acceptors (Lipinski definition) is 4. The number of ether oxygens (including phenoxy) is 1. The number of nitrogens with one attached hydrogen (secondary N) is 1. The van der Waals surface area contributed by atoms with Crippen LogP contribution in [0.15, 0.2) is 18.2 Å². The summed E-state index contributed by atoms with van der Waals surface area (Å²) in [6, 6.07) is 6.30. The van der Waals surface area contributed by atoms with Gasteiger partial charge >= 0.3 is 0 Å². The van der Waals surface area contributed by atoms with Gasteiger partial charge in [0, 0.05) is 18.7 Å². The molecule has 1 N–H and O–H groups in total. The number of anilines is 1. The van der Waals surface area contributed by atoms with Gasteiger partial charge in [-0.15, -0.1) is 0 Å². The molecule has 16 heavy (non-hydrogen) atoms. The first-order valence-electron chi connectivity index (χ1n) is 5.74. The number of likely N-dealkylation sites (N-methyl/N-ethyl adjacent to an activating group) is 1. The summed E-state index contributed by atoms with van der Waals surface area (Å²) >= 11 is 0. The minimum atomic E-state index is 0.498. The maximum atomic E-state index is 5.10. The second-order valence-electron chi connectivity index (χ2n) is 4.31. The Morgan fingerprint density at radius 1 is 1.50 bits per heavy atom. The third-order valence-electron chi connectivity index (χ3n) is 2.91. The number of nitrogens with zero attached hydrogens (tertiary/aromatic N) is 2. The summed E-state index contributed by atoms with van der Waals surface area (Å²) < 4.78 is 5.10. The van der Waals surface area contributed by atoms with E-state index < -0.39 is 0 Å². The fourth-order valence-corrected chi connectivity index (χ4v) is 2.10. The molecule has 0 saturated carbocycles. The Labute approximate surface area is 96.6 Å². The Balaban J connectivity index is 1.97. The van der Waals surface area contributed by atoms with Gasteiger partial charge in [-0.1, -0.05) is 6.07 Å². The third kappa shape index (κ3) is 2.85. The zero-order valence-corrected chi connectivity index (χ0v) is 9.94. The zero-order chi connectivity index (χ0) is 11.4. The molecule has 2 heterocycles. The Morgan fingerprint density at radius 2 is 2.38 bits per heavy atom. The fraction of sp³-hybridized carbons (Fsp3) is 0.583. The minimum Gasteiger partial charge on any atom is -0.481 e. The molecule has 0 amide bonds. The largest absolute Gasteiger partial charge is 0.481 e. The average molecular weight is 221 g/mol. The zero-order valence-electron chi connectivity index (χ0n) is 9.94. The van der Waals surface area contributed by atoms with Gasteiger partial charge in [0.15, 0.2) is 0 Å². The molecule has 4 heteroatoms. The molecule has 1 aliphatic rings. The monoisotopic (exact) mass is 221 g/mol. The summed E-state index contributed by atoms with van der Waals surface area (Å²) in [6.45, 7) is 2.28. The number of aromatic nitrogens is 1. The van der Waals surface area contributed by atoms with E-state index in [9.17, 15) is 0 Å². The van der Waals surface area contributed by atoms with E-state index in [1.807, 2.05) is 18.2 Å². The molecular weight excluding hydrogens is 202 g/mol. The van der Waals surface area contributed by atoms with Crippen LogP contribution in [0.5, 0.6) is 5.88 Å². The van der Waals surface area contributed by atoms with Crippen molar-refractivity contribution in [2.75, 3.05) is 32.6 Å². The second kappa shape index (κ2) is 5.16. The lowest BCUT2D eigenvalue weighted by molar-refractivity contribution is 0.260. The summed E-state index contributed by atoms with van der Waals surface area (Å²) in [6.07, 6.45) is 2.46.